The fourth-order valence-corrected chi connectivity index (χ4v) is 2.41. The summed E-state index contributed by atoms with van der Waals surface area (Å²) in [7, 11) is 0. The van der Waals surface area contributed by atoms with Gasteiger partial charge in [-0.25, -0.2) is 0 Å². The molecular formula is C12H13BrN4O3. The molecule has 0 radical (unpaired) electrons. The quantitative estimate of drug-likeness (QED) is 0.666. The maximum absolute atomic E-state index is 10.9. The zero-order chi connectivity index (χ0) is 14.7. The lowest BCUT2D eigenvalue weighted by Gasteiger charge is -2.08. The molecule has 0 saturated heterocycles. The predicted octanol–water partition coefficient (Wildman–Crippen LogP) is 2.52. The zero-order valence-electron chi connectivity index (χ0n) is 10.8. The van der Waals surface area contributed by atoms with Crippen LogP contribution in [0, 0.1) is 10.1 Å². The number of aliphatic hydroxyl groups is 1. The molecule has 1 aromatic carbocycles. The van der Waals surface area contributed by atoms with E-state index in [9.17, 15) is 15.2 Å². The Hall–Kier alpha value is -1.80. The van der Waals surface area contributed by atoms with E-state index in [-0.39, 0.29) is 12.3 Å². The summed E-state index contributed by atoms with van der Waals surface area (Å²) in [5.74, 6) is 0.963. The number of hydrogen-bond donors (Lipinski definition) is 1. The summed E-state index contributed by atoms with van der Waals surface area (Å²) in [6.07, 6.45) is 0.841. The van der Waals surface area contributed by atoms with E-state index in [4.69, 9.17) is 0 Å². The first-order chi connectivity index (χ1) is 9.56. The minimum atomic E-state index is -0.457. The third kappa shape index (κ3) is 2.86. The molecule has 106 valence electrons. The highest BCUT2D eigenvalue weighted by Crippen LogP contribution is 2.28. The number of nitrogens with zero attached hydrogens (tertiary/aromatic N) is 4. The van der Waals surface area contributed by atoms with Gasteiger partial charge in [0, 0.05) is 28.7 Å². The van der Waals surface area contributed by atoms with Gasteiger partial charge in [0.15, 0.2) is 11.6 Å². The lowest BCUT2D eigenvalue weighted by Crippen LogP contribution is -2.05. The van der Waals surface area contributed by atoms with Gasteiger partial charge in [-0.05, 0) is 12.5 Å². The van der Waals surface area contributed by atoms with E-state index in [1.165, 1.54) is 12.1 Å². The molecule has 0 aliphatic heterocycles. The van der Waals surface area contributed by atoms with Crippen LogP contribution in [-0.4, -0.2) is 24.8 Å². The van der Waals surface area contributed by atoms with Gasteiger partial charge in [-0.15, -0.1) is 10.2 Å². The van der Waals surface area contributed by atoms with Crippen molar-refractivity contribution in [3.8, 4) is 11.4 Å². The highest BCUT2D eigenvalue weighted by molar-refractivity contribution is 9.10. The normalized spacial score (nSPS) is 10.8. The van der Waals surface area contributed by atoms with Crippen molar-refractivity contribution in [1.29, 1.82) is 0 Å². The Morgan fingerprint density at radius 2 is 2.15 bits per heavy atom. The van der Waals surface area contributed by atoms with Crippen molar-refractivity contribution in [2.45, 2.75) is 26.5 Å². The van der Waals surface area contributed by atoms with Gasteiger partial charge in [0.1, 0.15) is 6.61 Å². The highest BCUT2D eigenvalue weighted by atomic mass is 79.9. The van der Waals surface area contributed by atoms with Crippen molar-refractivity contribution in [2.75, 3.05) is 0 Å². The summed E-state index contributed by atoms with van der Waals surface area (Å²) in [5, 5.41) is 28.1. The number of aromatic nitrogens is 3. The number of non-ortho nitro benzene ring substituents is 1. The second-order valence-electron chi connectivity index (χ2n) is 4.20. The van der Waals surface area contributed by atoms with E-state index < -0.39 is 4.92 Å². The van der Waals surface area contributed by atoms with Crippen LogP contribution in [0.4, 0.5) is 5.69 Å². The minimum absolute atomic E-state index is 0.0222. The molecule has 0 atom stereocenters. The van der Waals surface area contributed by atoms with Crippen LogP contribution in [-0.2, 0) is 13.2 Å². The molecule has 0 aliphatic rings. The van der Waals surface area contributed by atoms with Crippen LogP contribution in [0.2, 0.25) is 0 Å². The van der Waals surface area contributed by atoms with Crippen molar-refractivity contribution in [3.05, 3.63) is 38.6 Å². The molecule has 8 heteroatoms. The molecule has 0 bridgehead atoms. The van der Waals surface area contributed by atoms with E-state index in [1.54, 1.807) is 10.6 Å². The molecule has 0 fully saturated rings. The van der Waals surface area contributed by atoms with Crippen molar-refractivity contribution in [3.63, 3.8) is 0 Å². The van der Waals surface area contributed by atoms with Crippen LogP contribution in [0.1, 0.15) is 19.2 Å². The fraction of sp³-hybridized carbons (Fsp3) is 0.333. The molecule has 0 unspecified atom stereocenters. The molecule has 0 spiro atoms. The van der Waals surface area contributed by atoms with Gasteiger partial charge in [0.2, 0.25) is 0 Å². The lowest BCUT2D eigenvalue weighted by atomic mass is 10.2. The van der Waals surface area contributed by atoms with Crippen LogP contribution < -0.4 is 0 Å². The number of hydrogen-bond acceptors (Lipinski definition) is 5. The molecule has 1 N–H and O–H groups in total. The third-order valence-electron chi connectivity index (χ3n) is 2.77. The summed E-state index contributed by atoms with van der Waals surface area (Å²) in [4.78, 5) is 10.5. The predicted molar refractivity (Wildman–Crippen MR) is 76.0 cm³/mol. The lowest BCUT2D eigenvalue weighted by molar-refractivity contribution is -0.384. The average Bonchev–Trinajstić information content (AvgIpc) is 2.81. The second kappa shape index (κ2) is 6.10. The Morgan fingerprint density at radius 1 is 1.40 bits per heavy atom. The van der Waals surface area contributed by atoms with Gasteiger partial charge < -0.3 is 9.67 Å². The Labute approximate surface area is 123 Å². The number of nitro groups is 1. The first kappa shape index (κ1) is 14.6. The first-order valence-electron chi connectivity index (χ1n) is 6.05. The summed E-state index contributed by atoms with van der Waals surface area (Å²) in [6, 6.07) is 4.61. The molecule has 0 aliphatic carbocycles. The summed E-state index contributed by atoms with van der Waals surface area (Å²) in [5.41, 5.74) is 0.567. The Kier molecular flexibility index (Phi) is 4.46. The first-order valence-corrected chi connectivity index (χ1v) is 6.84. The molecule has 2 aromatic rings. The monoisotopic (exact) mass is 340 g/mol. The molecule has 2 rings (SSSR count). The topological polar surface area (TPSA) is 94.1 Å². The van der Waals surface area contributed by atoms with Gasteiger partial charge in [-0.1, -0.05) is 22.9 Å². The van der Waals surface area contributed by atoms with Gasteiger partial charge >= 0.3 is 0 Å². The molecule has 0 amide bonds. The number of rotatable bonds is 5. The number of benzene rings is 1. The molecule has 1 aromatic heterocycles. The Morgan fingerprint density at radius 3 is 2.75 bits per heavy atom. The van der Waals surface area contributed by atoms with E-state index in [0.29, 0.717) is 28.2 Å². The van der Waals surface area contributed by atoms with Crippen molar-refractivity contribution in [2.24, 2.45) is 0 Å². The van der Waals surface area contributed by atoms with Crippen LogP contribution >= 0.6 is 15.9 Å². The zero-order valence-corrected chi connectivity index (χ0v) is 12.4. The van der Waals surface area contributed by atoms with Crippen molar-refractivity contribution < 1.29 is 10.0 Å². The second-order valence-corrected chi connectivity index (χ2v) is 5.12. The van der Waals surface area contributed by atoms with E-state index in [1.807, 2.05) is 6.92 Å². The van der Waals surface area contributed by atoms with Crippen molar-refractivity contribution in [1.82, 2.24) is 14.8 Å². The van der Waals surface area contributed by atoms with E-state index in [0.717, 1.165) is 6.42 Å². The number of aliphatic hydroxyl groups excluding tert-OH is 1. The van der Waals surface area contributed by atoms with Crippen LogP contribution in [0.5, 0.6) is 0 Å². The number of nitro benzene ring substituents is 1. The SMILES string of the molecule is CCCn1c(CO)nnc1-c1cc(Br)cc([N+](=O)[O-])c1. The minimum Gasteiger partial charge on any atom is -0.388 e. The third-order valence-corrected chi connectivity index (χ3v) is 3.23. The van der Waals surface area contributed by atoms with Crippen molar-refractivity contribution >= 4 is 21.6 Å². The van der Waals surface area contributed by atoms with Crippen LogP contribution in [0.15, 0.2) is 22.7 Å². The van der Waals surface area contributed by atoms with E-state index in [2.05, 4.69) is 26.1 Å². The summed E-state index contributed by atoms with van der Waals surface area (Å²) < 4.78 is 2.36. The van der Waals surface area contributed by atoms with Crippen LogP contribution in [0.25, 0.3) is 11.4 Å². The van der Waals surface area contributed by atoms with Gasteiger partial charge in [0.05, 0.1) is 4.92 Å². The maximum atomic E-state index is 10.9. The smallest absolute Gasteiger partial charge is 0.271 e. The Bertz CT molecular complexity index is 642. The summed E-state index contributed by atoms with van der Waals surface area (Å²) in [6.45, 7) is 2.41. The number of halogens is 1. The highest BCUT2D eigenvalue weighted by Gasteiger charge is 2.16. The average molecular weight is 341 g/mol. The Balaban J connectivity index is 2.56. The molecule has 0 saturated carbocycles. The summed E-state index contributed by atoms with van der Waals surface area (Å²) >= 11 is 3.25. The molecule has 20 heavy (non-hydrogen) atoms. The van der Waals surface area contributed by atoms with E-state index >= 15 is 0 Å². The van der Waals surface area contributed by atoms with Gasteiger partial charge in [-0.3, -0.25) is 10.1 Å². The maximum Gasteiger partial charge on any atom is 0.271 e. The van der Waals surface area contributed by atoms with Gasteiger partial charge in [0.25, 0.3) is 5.69 Å². The molecular weight excluding hydrogens is 328 g/mol. The van der Waals surface area contributed by atoms with Crippen LogP contribution in [0.3, 0.4) is 0 Å². The fourth-order valence-electron chi connectivity index (χ4n) is 1.93. The largest absolute Gasteiger partial charge is 0.388 e. The van der Waals surface area contributed by atoms with Gasteiger partial charge in [-0.2, -0.15) is 0 Å². The standard InChI is InChI=1S/C12H13BrN4O3/c1-2-3-16-11(7-18)14-15-12(16)8-4-9(13)6-10(5-8)17(19)20/h4-6,18H,2-3,7H2,1H3. The molecule has 7 nitrogen and oxygen atoms in total. The molecule has 1 heterocycles.